The SMILES string of the molecule is CCNC(=NCCc1ncc(CC)s1)NCCc1ccc(Cl)nc1. The number of aliphatic imine (C=N–C) groups is 1. The zero-order valence-corrected chi connectivity index (χ0v) is 15.8. The van der Waals surface area contributed by atoms with Gasteiger partial charge in [-0.25, -0.2) is 9.97 Å². The first-order valence-electron chi connectivity index (χ1n) is 8.27. The Morgan fingerprint density at radius 3 is 2.71 bits per heavy atom. The molecule has 0 bridgehead atoms. The molecule has 0 aliphatic carbocycles. The van der Waals surface area contributed by atoms with Crippen molar-refractivity contribution in [3.05, 3.63) is 45.1 Å². The fraction of sp³-hybridized carbons (Fsp3) is 0.471. The minimum atomic E-state index is 0.523. The van der Waals surface area contributed by atoms with Gasteiger partial charge in [-0.15, -0.1) is 11.3 Å². The molecule has 0 unspecified atom stereocenters. The van der Waals surface area contributed by atoms with E-state index in [0.29, 0.717) is 5.15 Å². The van der Waals surface area contributed by atoms with Gasteiger partial charge in [0.15, 0.2) is 5.96 Å². The minimum Gasteiger partial charge on any atom is -0.357 e. The summed E-state index contributed by atoms with van der Waals surface area (Å²) in [6.07, 6.45) is 6.57. The van der Waals surface area contributed by atoms with E-state index in [9.17, 15) is 0 Å². The van der Waals surface area contributed by atoms with E-state index in [1.807, 2.05) is 24.5 Å². The summed E-state index contributed by atoms with van der Waals surface area (Å²) in [6.45, 7) is 6.58. The van der Waals surface area contributed by atoms with Gasteiger partial charge in [-0.05, 0) is 31.4 Å². The second-order valence-corrected chi connectivity index (χ2v) is 6.84. The molecule has 0 aromatic carbocycles. The van der Waals surface area contributed by atoms with Crippen LogP contribution in [-0.4, -0.2) is 35.6 Å². The van der Waals surface area contributed by atoms with Gasteiger partial charge in [0.25, 0.3) is 0 Å². The fourth-order valence-corrected chi connectivity index (χ4v) is 3.07. The molecule has 0 spiro atoms. The highest BCUT2D eigenvalue weighted by Gasteiger charge is 2.02. The van der Waals surface area contributed by atoms with Gasteiger partial charge in [0.2, 0.25) is 0 Å². The first-order valence-corrected chi connectivity index (χ1v) is 9.47. The Morgan fingerprint density at radius 2 is 2.04 bits per heavy atom. The lowest BCUT2D eigenvalue weighted by Gasteiger charge is -2.11. The molecule has 0 aliphatic rings. The standard InChI is InChI=1S/C17H24ClN5S/c1-3-14-12-23-16(24-14)8-10-21-17(19-4-2)20-9-7-13-5-6-15(18)22-11-13/h5-6,11-12H,3-4,7-10H2,1-2H3,(H2,19,20,21). The summed E-state index contributed by atoms with van der Waals surface area (Å²) in [7, 11) is 0. The zero-order chi connectivity index (χ0) is 17.2. The molecule has 0 amide bonds. The van der Waals surface area contributed by atoms with E-state index in [-0.39, 0.29) is 0 Å². The average molecular weight is 366 g/mol. The van der Waals surface area contributed by atoms with Gasteiger partial charge < -0.3 is 10.6 Å². The highest BCUT2D eigenvalue weighted by atomic mass is 35.5. The second kappa shape index (κ2) is 10.3. The molecule has 2 aromatic rings. The maximum Gasteiger partial charge on any atom is 0.191 e. The molecule has 7 heteroatoms. The summed E-state index contributed by atoms with van der Waals surface area (Å²) >= 11 is 7.57. The molecule has 2 rings (SSSR count). The quantitative estimate of drug-likeness (QED) is 0.428. The smallest absolute Gasteiger partial charge is 0.191 e. The van der Waals surface area contributed by atoms with Gasteiger partial charge in [-0.2, -0.15) is 0 Å². The number of nitrogens with one attached hydrogen (secondary N) is 2. The maximum absolute atomic E-state index is 5.80. The van der Waals surface area contributed by atoms with Crippen molar-refractivity contribution in [3.8, 4) is 0 Å². The minimum absolute atomic E-state index is 0.523. The normalized spacial score (nSPS) is 11.5. The van der Waals surface area contributed by atoms with Crippen molar-refractivity contribution >= 4 is 28.9 Å². The Balaban J connectivity index is 1.78. The zero-order valence-electron chi connectivity index (χ0n) is 14.2. The number of halogens is 1. The van der Waals surface area contributed by atoms with Gasteiger partial charge in [0, 0.05) is 43.3 Å². The Kier molecular flexibility index (Phi) is 7.98. The van der Waals surface area contributed by atoms with Gasteiger partial charge in [-0.3, -0.25) is 4.99 Å². The Labute approximate surface area is 152 Å². The number of hydrogen-bond acceptors (Lipinski definition) is 4. The van der Waals surface area contributed by atoms with E-state index >= 15 is 0 Å². The third kappa shape index (κ3) is 6.45. The van der Waals surface area contributed by atoms with Crippen molar-refractivity contribution in [3.63, 3.8) is 0 Å². The predicted octanol–water partition coefficient (Wildman–Crippen LogP) is 3.09. The van der Waals surface area contributed by atoms with Gasteiger partial charge in [0.05, 0.1) is 5.01 Å². The number of hydrogen-bond donors (Lipinski definition) is 2. The Hall–Kier alpha value is -1.66. The van der Waals surface area contributed by atoms with Crippen LogP contribution in [0.2, 0.25) is 5.15 Å². The van der Waals surface area contributed by atoms with E-state index in [2.05, 4.69) is 39.4 Å². The van der Waals surface area contributed by atoms with Crippen molar-refractivity contribution in [1.82, 2.24) is 20.6 Å². The van der Waals surface area contributed by atoms with Crippen LogP contribution >= 0.6 is 22.9 Å². The molecule has 2 heterocycles. The van der Waals surface area contributed by atoms with Crippen molar-refractivity contribution in [2.75, 3.05) is 19.6 Å². The van der Waals surface area contributed by atoms with E-state index in [4.69, 9.17) is 11.6 Å². The molecule has 0 saturated carbocycles. The van der Waals surface area contributed by atoms with E-state index < -0.39 is 0 Å². The van der Waals surface area contributed by atoms with Crippen LogP contribution in [0.4, 0.5) is 0 Å². The molecule has 0 fully saturated rings. The van der Waals surface area contributed by atoms with Crippen LogP contribution in [0.1, 0.15) is 29.3 Å². The van der Waals surface area contributed by atoms with Crippen molar-refractivity contribution in [2.45, 2.75) is 33.1 Å². The van der Waals surface area contributed by atoms with Gasteiger partial charge >= 0.3 is 0 Å². The number of aromatic nitrogens is 2. The lowest BCUT2D eigenvalue weighted by atomic mass is 10.2. The molecular formula is C17H24ClN5S. The number of rotatable bonds is 8. The number of aryl methyl sites for hydroxylation is 1. The third-order valence-electron chi connectivity index (χ3n) is 3.38. The third-order valence-corrected chi connectivity index (χ3v) is 4.81. The van der Waals surface area contributed by atoms with Gasteiger partial charge in [-0.1, -0.05) is 24.6 Å². The summed E-state index contributed by atoms with van der Waals surface area (Å²) in [6, 6.07) is 3.81. The number of guanidine groups is 1. The van der Waals surface area contributed by atoms with Crippen molar-refractivity contribution in [1.29, 1.82) is 0 Å². The van der Waals surface area contributed by atoms with Crippen LogP contribution < -0.4 is 10.6 Å². The topological polar surface area (TPSA) is 62.2 Å². The molecule has 0 radical (unpaired) electrons. The van der Waals surface area contributed by atoms with E-state index in [1.54, 1.807) is 11.3 Å². The second-order valence-electron chi connectivity index (χ2n) is 5.25. The first kappa shape index (κ1) is 18.7. The number of thiazole rings is 1. The lowest BCUT2D eigenvalue weighted by molar-refractivity contribution is 0.794. The average Bonchev–Trinajstić information content (AvgIpc) is 3.05. The summed E-state index contributed by atoms with van der Waals surface area (Å²) in [5.41, 5.74) is 1.15. The fourth-order valence-electron chi connectivity index (χ4n) is 2.11. The maximum atomic E-state index is 5.80. The highest BCUT2D eigenvalue weighted by Crippen LogP contribution is 2.13. The molecule has 0 aliphatic heterocycles. The Morgan fingerprint density at radius 1 is 1.17 bits per heavy atom. The summed E-state index contributed by atoms with van der Waals surface area (Å²) in [5.74, 6) is 0.840. The predicted molar refractivity (Wildman–Crippen MR) is 102 cm³/mol. The van der Waals surface area contributed by atoms with Crippen molar-refractivity contribution in [2.24, 2.45) is 4.99 Å². The van der Waals surface area contributed by atoms with Gasteiger partial charge in [0.1, 0.15) is 5.15 Å². The molecule has 24 heavy (non-hydrogen) atoms. The van der Waals surface area contributed by atoms with Crippen LogP contribution in [0.15, 0.2) is 29.5 Å². The van der Waals surface area contributed by atoms with Crippen LogP contribution in [0, 0.1) is 0 Å². The molecule has 0 saturated heterocycles. The van der Waals surface area contributed by atoms with E-state index in [1.165, 1.54) is 4.88 Å². The largest absolute Gasteiger partial charge is 0.357 e. The number of nitrogens with zero attached hydrogens (tertiary/aromatic N) is 3. The lowest BCUT2D eigenvalue weighted by Crippen LogP contribution is -2.38. The highest BCUT2D eigenvalue weighted by molar-refractivity contribution is 7.11. The van der Waals surface area contributed by atoms with Crippen LogP contribution in [0.3, 0.4) is 0 Å². The molecular weight excluding hydrogens is 342 g/mol. The van der Waals surface area contributed by atoms with Crippen LogP contribution in [0.5, 0.6) is 0 Å². The molecule has 130 valence electrons. The molecule has 2 aromatic heterocycles. The van der Waals surface area contributed by atoms with Crippen LogP contribution in [-0.2, 0) is 19.3 Å². The Bertz CT molecular complexity index is 639. The van der Waals surface area contributed by atoms with E-state index in [0.717, 1.165) is 55.4 Å². The summed E-state index contributed by atoms with van der Waals surface area (Å²) in [4.78, 5) is 14.5. The molecule has 5 nitrogen and oxygen atoms in total. The monoisotopic (exact) mass is 365 g/mol. The first-order chi connectivity index (χ1) is 11.7. The van der Waals surface area contributed by atoms with Crippen LogP contribution in [0.25, 0.3) is 0 Å². The summed E-state index contributed by atoms with van der Waals surface area (Å²) in [5, 5.41) is 8.29. The molecule has 0 atom stereocenters. The number of pyridine rings is 1. The van der Waals surface area contributed by atoms with Crippen molar-refractivity contribution < 1.29 is 0 Å². The summed E-state index contributed by atoms with van der Waals surface area (Å²) < 4.78 is 0. The molecule has 2 N–H and O–H groups in total.